The van der Waals surface area contributed by atoms with Crippen molar-refractivity contribution in [3.05, 3.63) is 52.5 Å². The summed E-state index contributed by atoms with van der Waals surface area (Å²) in [5.41, 5.74) is 1.17. The highest BCUT2D eigenvalue weighted by molar-refractivity contribution is 9.10. The van der Waals surface area contributed by atoms with Crippen LogP contribution in [0.15, 0.2) is 51.8 Å². The van der Waals surface area contributed by atoms with Gasteiger partial charge in [0, 0.05) is 10.7 Å². The lowest BCUT2D eigenvalue weighted by molar-refractivity contribution is 0.478. The molecular weight excluding hydrogens is 364 g/mol. The van der Waals surface area contributed by atoms with Gasteiger partial charge in [0.2, 0.25) is 0 Å². The summed E-state index contributed by atoms with van der Waals surface area (Å²) in [7, 11) is 1.55. The summed E-state index contributed by atoms with van der Waals surface area (Å²) in [6, 6.07) is 12.1. The first-order valence-electron chi connectivity index (χ1n) is 5.91. The Kier molecular flexibility index (Phi) is 4.73. The molecule has 2 aromatic carbocycles. The Morgan fingerprint density at radius 2 is 1.95 bits per heavy atom. The van der Waals surface area contributed by atoms with E-state index in [2.05, 4.69) is 22.9 Å². The van der Waals surface area contributed by atoms with E-state index in [0.717, 1.165) is 6.42 Å². The van der Waals surface area contributed by atoms with Crippen molar-refractivity contribution in [2.24, 2.45) is 0 Å². The zero-order chi connectivity index (χ0) is 14.8. The summed E-state index contributed by atoms with van der Waals surface area (Å²) in [6.07, 6.45) is 0.918. The average molecular weight is 376 g/mol. The minimum atomic E-state index is -3.74. The van der Waals surface area contributed by atoms with Crippen molar-refractivity contribution in [1.82, 2.24) is 0 Å². The molecule has 106 valence electrons. The largest absolute Gasteiger partial charge is 0.456 e. The van der Waals surface area contributed by atoms with Crippen molar-refractivity contribution in [2.75, 3.05) is 0 Å². The second kappa shape index (κ2) is 6.16. The van der Waals surface area contributed by atoms with Gasteiger partial charge in [-0.1, -0.05) is 19.1 Å². The van der Waals surface area contributed by atoms with Crippen LogP contribution in [-0.4, -0.2) is 8.42 Å². The summed E-state index contributed by atoms with van der Waals surface area (Å²) >= 11 is 3.28. The zero-order valence-electron chi connectivity index (χ0n) is 10.6. The first-order valence-corrected chi connectivity index (χ1v) is 9.01. The van der Waals surface area contributed by atoms with Crippen LogP contribution < -0.4 is 4.74 Å². The first kappa shape index (κ1) is 15.4. The van der Waals surface area contributed by atoms with E-state index in [0.29, 0.717) is 16.0 Å². The lowest BCUT2D eigenvalue weighted by atomic mass is 10.2. The van der Waals surface area contributed by atoms with Crippen molar-refractivity contribution in [2.45, 2.75) is 18.2 Å². The normalized spacial score (nSPS) is 11.3. The molecule has 0 bridgehead atoms. The minimum absolute atomic E-state index is 0.0284. The van der Waals surface area contributed by atoms with Crippen molar-refractivity contribution in [3.8, 4) is 11.5 Å². The summed E-state index contributed by atoms with van der Waals surface area (Å²) < 4.78 is 28.7. The lowest BCUT2D eigenvalue weighted by Gasteiger charge is -2.09. The van der Waals surface area contributed by atoms with E-state index in [4.69, 9.17) is 15.4 Å². The fourth-order valence-electron chi connectivity index (χ4n) is 1.67. The van der Waals surface area contributed by atoms with E-state index >= 15 is 0 Å². The second-order valence-corrected chi connectivity index (χ2v) is 7.55. The van der Waals surface area contributed by atoms with Crippen LogP contribution in [0, 0.1) is 0 Å². The fourth-order valence-corrected chi connectivity index (χ4v) is 3.06. The molecule has 0 aliphatic carbocycles. The molecule has 0 aliphatic rings. The summed E-state index contributed by atoms with van der Waals surface area (Å²) in [4.78, 5) is 0.0284. The molecular formula is C14H12BrClO3S. The van der Waals surface area contributed by atoms with Gasteiger partial charge >= 0.3 is 0 Å². The molecule has 0 atom stereocenters. The minimum Gasteiger partial charge on any atom is -0.456 e. The van der Waals surface area contributed by atoms with Crippen LogP contribution in [-0.2, 0) is 15.5 Å². The predicted octanol–water partition coefficient (Wildman–Crippen LogP) is 4.73. The van der Waals surface area contributed by atoms with Crippen molar-refractivity contribution in [3.63, 3.8) is 0 Å². The first-order chi connectivity index (χ1) is 9.40. The highest BCUT2D eigenvalue weighted by Gasteiger charge is 2.13. The van der Waals surface area contributed by atoms with E-state index in [1.807, 2.05) is 24.3 Å². The molecule has 0 amide bonds. The van der Waals surface area contributed by atoms with Gasteiger partial charge in [0.25, 0.3) is 9.05 Å². The van der Waals surface area contributed by atoms with E-state index < -0.39 is 9.05 Å². The number of aryl methyl sites for hydroxylation is 1. The molecule has 0 heterocycles. The molecule has 0 fully saturated rings. The molecule has 3 nitrogen and oxygen atoms in total. The van der Waals surface area contributed by atoms with E-state index in [1.165, 1.54) is 17.7 Å². The number of rotatable bonds is 4. The molecule has 0 aromatic heterocycles. The maximum absolute atomic E-state index is 11.2. The summed E-state index contributed by atoms with van der Waals surface area (Å²) in [5.74, 6) is 1.23. The molecule has 6 heteroatoms. The van der Waals surface area contributed by atoms with Crippen LogP contribution in [0.25, 0.3) is 0 Å². The second-order valence-electron chi connectivity index (χ2n) is 4.13. The molecule has 0 spiro atoms. The van der Waals surface area contributed by atoms with Gasteiger partial charge in [0.05, 0.1) is 9.37 Å². The SMILES string of the molecule is CCc1cccc(Oc2ccc(S(=O)(=O)Cl)cc2Br)c1. The van der Waals surface area contributed by atoms with E-state index in [9.17, 15) is 8.42 Å². The number of ether oxygens (including phenoxy) is 1. The van der Waals surface area contributed by atoms with Gasteiger partial charge in [-0.3, -0.25) is 0 Å². The Labute approximate surface area is 131 Å². The maximum Gasteiger partial charge on any atom is 0.261 e. The predicted molar refractivity (Wildman–Crippen MR) is 83.1 cm³/mol. The van der Waals surface area contributed by atoms with Crippen LogP contribution in [0.1, 0.15) is 12.5 Å². The quantitative estimate of drug-likeness (QED) is 0.725. The summed E-state index contributed by atoms with van der Waals surface area (Å²) in [5, 5.41) is 0. The molecule has 0 saturated heterocycles. The van der Waals surface area contributed by atoms with Crippen LogP contribution in [0.5, 0.6) is 11.5 Å². The smallest absolute Gasteiger partial charge is 0.261 e. The standard InChI is InChI=1S/C14H12BrClO3S/c1-2-10-4-3-5-11(8-10)19-14-7-6-12(9-13(14)15)20(16,17)18/h3-9H,2H2,1H3. The van der Waals surface area contributed by atoms with Gasteiger partial charge in [-0.25, -0.2) is 8.42 Å². The fraction of sp³-hybridized carbons (Fsp3) is 0.143. The molecule has 20 heavy (non-hydrogen) atoms. The van der Waals surface area contributed by atoms with Gasteiger partial charge in [0.1, 0.15) is 11.5 Å². The number of hydrogen-bond acceptors (Lipinski definition) is 3. The van der Waals surface area contributed by atoms with Crippen LogP contribution in [0.2, 0.25) is 0 Å². The Morgan fingerprint density at radius 3 is 2.55 bits per heavy atom. The number of benzene rings is 2. The third kappa shape index (κ3) is 3.75. The van der Waals surface area contributed by atoms with Crippen LogP contribution in [0.4, 0.5) is 0 Å². The monoisotopic (exact) mass is 374 g/mol. The topological polar surface area (TPSA) is 43.4 Å². The molecule has 0 N–H and O–H groups in total. The maximum atomic E-state index is 11.2. The van der Waals surface area contributed by atoms with E-state index in [1.54, 1.807) is 6.07 Å². The molecule has 0 unspecified atom stereocenters. The van der Waals surface area contributed by atoms with Gasteiger partial charge in [-0.15, -0.1) is 0 Å². The Balaban J connectivity index is 2.30. The Bertz CT molecular complexity index is 729. The van der Waals surface area contributed by atoms with E-state index in [-0.39, 0.29) is 4.90 Å². The molecule has 0 aliphatic heterocycles. The average Bonchev–Trinajstić information content (AvgIpc) is 2.40. The zero-order valence-corrected chi connectivity index (χ0v) is 13.8. The number of hydrogen-bond donors (Lipinski definition) is 0. The highest BCUT2D eigenvalue weighted by atomic mass is 79.9. The van der Waals surface area contributed by atoms with Crippen molar-refractivity contribution >= 4 is 35.7 Å². The molecule has 0 radical (unpaired) electrons. The lowest BCUT2D eigenvalue weighted by Crippen LogP contribution is -1.92. The van der Waals surface area contributed by atoms with Crippen molar-refractivity contribution < 1.29 is 13.2 Å². The summed E-state index contributed by atoms with van der Waals surface area (Å²) in [6.45, 7) is 2.06. The highest BCUT2D eigenvalue weighted by Crippen LogP contribution is 2.32. The van der Waals surface area contributed by atoms with Crippen LogP contribution >= 0.6 is 26.6 Å². The van der Waals surface area contributed by atoms with Crippen molar-refractivity contribution in [1.29, 1.82) is 0 Å². The Morgan fingerprint density at radius 1 is 1.20 bits per heavy atom. The molecule has 2 aromatic rings. The Hall–Kier alpha value is -1.04. The van der Waals surface area contributed by atoms with Gasteiger partial charge in [-0.2, -0.15) is 0 Å². The third-order valence-corrected chi connectivity index (χ3v) is 4.69. The number of halogens is 2. The van der Waals surface area contributed by atoms with Crippen LogP contribution in [0.3, 0.4) is 0 Å². The molecule has 2 rings (SSSR count). The third-order valence-electron chi connectivity index (χ3n) is 2.72. The molecule has 0 saturated carbocycles. The van der Waals surface area contributed by atoms with Gasteiger partial charge < -0.3 is 4.74 Å². The van der Waals surface area contributed by atoms with Gasteiger partial charge in [0.15, 0.2) is 0 Å². The van der Waals surface area contributed by atoms with Gasteiger partial charge in [-0.05, 0) is 58.2 Å².